The van der Waals surface area contributed by atoms with Crippen molar-refractivity contribution in [2.24, 2.45) is 0 Å². The smallest absolute Gasteiger partial charge is 0.231 e. The minimum atomic E-state index is -0.427. The minimum Gasteiger partial charge on any atom is -0.454 e. The van der Waals surface area contributed by atoms with Crippen LogP contribution in [0.4, 0.5) is 11.4 Å². The first kappa shape index (κ1) is 17.6. The van der Waals surface area contributed by atoms with Crippen LogP contribution >= 0.6 is 0 Å². The molecule has 2 aromatic rings. The molecule has 1 unspecified atom stereocenters. The van der Waals surface area contributed by atoms with E-state index in [1.165, 1.54) is 6.92 Å². The van der Waals surface area contributed by atoms with E-state index in [0.29, 0.717) is 22.9 Å². The van der Waals surface area contributed by atoms with Gasteiger partial charge in [-0.15, -0.1) is 0 Å². The average molecular weight is 355 g/mol. The highest BCUT2D eigenvalue weighted by atomic mass is 16.7. The van der Waals surface area contributed by atoms with Gasteiger partial charge in [-0.1, -0.05) is 29.8 Å². The fraction of sp³-hybridized carbons (Fsp3) is 0.263. The number of nitrogens with two attached hydrogens (primary N) is 1. The Kier molecular flexibility index (Phi) is 4.97. The lowest BCUT2D eigenvalue weighted by Crippen LogP contribution is -2.29. The molecular formula is C19H21N3O4. The van der Waals surface area contributed by atoms with Crippen molar-refractivity contribution in [2.45, 2.75) is 26.3 Å². The highest BCUT2D eigenvalue weighted by molar-refractivity contribution is 5.95. The summed E-state index contributed by atoms with van der Waals surface area (Å²) in [5.41, 5.74) is 8.76. The number of carbonyl (C=O) groups excluding carboxylic acids is 2. The number of ether oxygens (including phenoxy) is 2. The molecule has 0 fully saturated rings. The molecule has 0 aliphatic carbocycles. The Balaban J connectivity index is 1.73. The van der Waals surface area contributed by atoms with Crippen molar-refractivity contribution >= 4 is 23.2 Å². The van der Waals surface area contributed by atoms with Gasteiger partial charge in [0.25, 0.3) is 0 Å². The number of amides is 2. The van der Waals surface area contributed by atoms with E-state index >= 15 is 0 Å². The maximum absolute atomic E-state index is 12.5. The van der Waals surface area contributed by atoms with Gasteiger partial charge in [0.15, 0.2) is 11.5 Å². The van der Waals surface area contributed by atoms with Gasteiger partial charge >= 0.3 is 0 Å². The van der Waals surface area contributed by atoms with Gasteiger partial charge in [0, 0.05) is 19.1 Å². The van der Waals surface area contributed by atoms with E-state index < -0.39 is 6.04 Å². The molecule has 0 aromatic heterocycles. The van der Waals surface area contributed by atoms with Gasteiger partial charge in [0.1, 0.15) is 0 Å². The Bertz CT molecular complexity index is 833. The summed E-state index contributed by atoms with van der Waals surface area (Å²) in [6, 6.07) is 10.5. The van der Waals surface area contributed by atoms with Crippen LogP contribution in [-0.2, 0) is 9.59 Å². The second-order valence-corrected chi connectivity index (χ2v) is 6.21. The molecular weight excluding hydrogens is 334 g/mol. The summed E-state index contributed by atoms with van der Waals surface area (Å²) < 4.78 is 10.6. The molecule has 0 radical (unpaired) electrons. The quantitative estimate of drug-likeness (QED) is 0.715. The second kappa shape index (κ2) is 7.35. The van der Waals surface area contributed by atoms with Gasteiger partial charge in [-0.3, -0.25) is 9.59 Å². The van der Waals surface area contributed by atoms with Crippen molar-refractivity contribution in [1.29, 1.82) is 0 Å². The third-order valence-electron chi connectivity index (χ3n) is 4.07. The molecule has 4 N–H and O–H groups in total. The highest BCUT2D eigenvalue weighted by Gasteiger charge is 2.20. The Hall–Kier alpha value is -3.22. The highest BCUT2D eigenvalue weighted by Crippen LogP contribution is 2.38. The van der Waals surface area contributed by atoms with Gasteiger partial charge < -0.3 is 25.8 Å². The van der Waals surface area contributed by atoms with Crippen LogP contribution in [0.1, 0.15) is 30.5 Å². The van der Waals surface area contributed by atoms with Crippen molar-refractivity contribution in [1.82, 2.24) is 5.32 Å². The SMILES string of the molecule is CC(=O)NC(CC(=O)Nc1cc2c(cc1N)OCO2)c1ccc(C)cc1. The number of carbonyl (C=O) groups is 2. The molecule has 0 saturated carbocycles. The molecule has 26 heavy (non-hydrogen) atoms. The Morgan fingerprint density at radius 3 is 2.46 bits per heavy atom. The van der Waals surface area contributed by atoms with Gasteiger partial charge in [-0.2, -0.15) is 0 Å². The summed E-state index contributed by atoms with van der Waals surface area (Å²) in [6.45, 7) is 3.53. The summed E-state index contributed by atoms with van der Waals surface area (Å²) in [7, 11) is 0. The first-order valence-corrected chi connectivity index (χ1v) is 8.25. The molecule has 2 amide bonds. The van der Waals surface area contributed by atoms with E-state index in [2.05, 4.69) is 10.6 Å². The van der Waals surface area contributed by atoms with E-state index in [-0.39, 0.29) is 25.0 Å². The van der Waals surface area contributed by atoms with Gasteiger partial charge in [0.2, 0.25) is 18.6 Å². The monoisotopic (exact) mass is 355 g/mol. The number of anilines is 2. The molecule has 0 saturated heterocycles. The van der Waals surface area contributed by atoms with Gasteiger partial charge in [-0.25, -0.2) is 0 Å². The molecule has 7 nitrogen and oxygen atoms in total. The molecule has 1 atom stereocenters. The van der Waals surface area contributed by atoms with Crippen LogP contribution in [0.5, 0.6) is 11.5 Å². The number of hydrogen-bond donors (Lipinski definition) is 3. The lowest BCUT2D eigenvalue weighted by atomic mass is 10.0. The zero-order valence-corrected chi connectivity index (χ0v) is 14.7. The largest absolute Gasteiger partial charge is 0.454 e. The molecule has 1 heterocycles. The summed E-state index contributed by atoms with van der Waals surface area (Å²) in [5, 5.41) is 5.59. The van der Waals surface area contributed by atoms with Gasteiger partial charge in [-0.05, 0) is 12.5 Å². The summed E-state index contributed by atoms with van der Waals surface area (Å²) in [4.78, 5) is 24.0. The molecule has 2 aromatic carbocycles. The third kappa shape index (κ3) is 4.05. The van der Waals surface area contributed by atoms with Crippen molar-refractivity contribution < 1.29 is 19.1 Å². The topological polar surface area (TPSA) is 103 Å². The molecule has 0 spiro atoms. The van der Waals surface area contributed by atoms with Crippen molar-refractivity contribution in [3.05, 3.63) is 47.5 Å². The standard InChI is InChI=1S/C19H21N3O4/c1-11-3-5-13(6-4-11)15(21-12(2)23)9-19(24)22-16-8-18-17(7-14(16)20)25-10-26-18/h3-8,15H,9-10,20H2,1-2H3,(H,21,23)(H,22,24). The summed E-state index contributed by atoms with van der Waals surface area (Å²) in [5.74, 6) is 0.614. The maximum atomic E-state index is 12.5. The number of rotatable bonds is 5. The summed E-state index contributed by atoms with van der Waals surface area (Å²) >= 11 is 0. The van der Waals surface area contributed by atoms with E-state index in [4.69, 9.17) is 15.2 Å². The van der Waals surface area contributed by atoms with E-state index in [1.54, 1.807) is 12.1 Å². The van der Waals surface area contributed by atoms with Crippen LogP contribution in [0.2, 0.25) is 0 Å². The number of hydrogen-bond acceptors (Lipinski definition) is 5. The van der Waals surface area contributed by atoms with Gasteiger partial charge in [0.05, 0.1) is 23.8 Å². The number of nitrogen functional groups attached to an aromatic ring is 1. The third-order valence-corrected chi connectivity index (χ3v) is 4.07. The van der Waals surface area contributed by atoms with Crippen LogP contribution in [-0.4, -0.2) is 18.6 Å². The second-order valence-electron chi connectivity index (χ2n) is 6.21. The Labute approximate surface area is 151 Å². The van der Waals surface area contributed by atoms with Crippen LogP contribution in [0, 0.1) is 6.92 Å². The molecule has 3 rings (SSSR count). The minimum absolute atomic E-state index is 0.0799. The zero-order valence-electron chi connectivity index (χ0n) is 14.7. The van der Waals surface area contributed by atoms with Crippen LogP contribution < -0.4 is 25.8 Å². The Morgan fingerprint density at radius 1 is 1.15 bits per heavy atom. The lowest BCUT2D eigenvalue weighted by molar-refractivity contribution is -0.120. The molecule has 0 bridgehead atoms. The zero-order chi connectivity index (χ0) is 18.7. The summed E-state index contributed by atoms with van der Waals surface area (Å²) in [6.07, 6.45) is 0.0799. The van der Waals surface area contributed by atoms with Crippen molar-refractivity contribution in [2.75, 3.05) is 17.8 Å². The molecule has 7 heteroatoms. The Morgan fingerprint density at radius 2 is 1.81 bits per heavy atom. The van der Waals surface area contributed by atoms with E-state index in [0.717, 1.165) is 11.1 Å². The van der Waals surface area contributed by atoms with E-state index in [1.807, 2.05) is 31.2 Å². The number of aryl methyl sites for hydroxylation is 1. The van der Waals surface area contributed by atoms with Crippen molar-refractivity contribution in [3.8, 4) is 11.5 Å². The number of nitrogens with one attached hydrogen (secondary N) is 2. The fourth-order valence-electron chi connectivity index (χ4n) is 2.75. The predicted octanol–water partition coefficient (Wildman–Crippen LogP) is 2.51. The van der Waals surface area contributed by atoms with Crippen molar-refractivity contribution in [3.63, 3.8) is 0 Å². The fourth-order valence-corrected chi connectivity index (χ4v) is 2.75. The first-order valence-electron chi connectivity index (χ1n) is 8.25. The number of benzene rings is 2. The van der Waals surface area contributed by atoms with Crippen LogP contribution in [0.25, 0.3) is 0 Å². The first-order chi connectivity index (χ1) is 12.4. The lowest BCUT2D eigenvalue weighted by Gasteiger charge is -2.19. The molecule has 1 aliphatic rings. The van der Waals surface area contributed by atoms with Crippen LogP contribution in [0.3, 0.4) is 0 Å². The molecule has 136 valence electrons. The number of fused-ring (bicyclic) bond motifs is 1. The molecule has 1 aliphatic heterocycles. The van der Waals surface area contributed by atoms with Crippen LogP contribution in [0.15, 0.2) is 36.4 Å². The van der Waals surface area contributed by atoms with E-state index in [9.17, 15) is 9.59 Å². The predicted molar refractivity (Wildman–Crippen MR) is 98.0 cm³/mol. The maximum Gasteiger partial charge on any atom is 0.231 e. The average Bonchev–Trinajstić information content (AvgIpc) is 3.02. The normalized spacial score (nSPS) is 13.2.